The van der Waals surface area contributed by atoms with Gasteiger partial charge in [0.05, 0.1) is 12.2 Å². The minimum atomic E-state index is 0.164. The molecular weight excluding hydrogens is 264 g/mol. The minimum Gasteiger partial charge on any atom is -0.354 e. The van der Waals surface area contributed by atoms with E-state index in [9.17, 15) is 0 Å². The molecule has 0 bridgehead atoms. The normalized spacial score (nSPS) is 10.2. The van der Waals surface area contributed by atoms with Gasteiger partial charge in [-0.25, -0.2) is 0 Å². The number of anilines is 2. The van der Waals surface area contributed by atoms with Crippen molar-refractivity contribution in [1.29, 1.82) is 0 Å². The van der Waals surface area contributed by atoms with E-state index in [1.807, 2.05) is 18.2 Å². The Bertz CT molecular complexity index is 519. The van der Waals surface area contributed by atoms with Gasteiger partial charge in [-0.3, -0.25) is 4.98 Å². The molecule has 2 heterocycles. The Morgan fingerprint density at radius 3 is 2.58 bits per heavy atom. The summed E-state index contributed by atoms with van der Waals surface area (Å²) < 4.78 is 0. The first-order valence-corrected chi connectivity index (χ1v) is 6.45. The molecule has 2 aromatic heterocycles. The molecule has 0 fully saturated rings. The first kappa shape index (κ1) is 13.5. The van der Waals surface area contributed by atoms with E-state index in [0.717, 1.165) is 18.7 Å². The molecule has 0 atom stereocenters. The summed E-state index contributed by atoms with van der Waals surface area (Å²) in [4.78, 5) is 16.5. The number of halogens is 1. The SMILES string of the molecule is CCCNc1nc(Cl)nc(NCc2ccccn2)n1. The summed E-state index contributed by atoms with van der Waals surface area (Å²) in [5.74, 6) is 0.912. The summed E-state index contributed by atoms with van der Waals surface area (Å²) in [6.07, 6.45) is 2.73. The molecule has 2 N–H and O–H groups in total. The van der Waals surface area contributed by atoms with Gasteiger partial charge in [-0.15, -0.1) is 0 Å². The van der Waals surface area contributed by atoms with Crippen LogP contribution in [0.1, 0.15) is 19.0 Å². The largest absolute Gasteiger partial charge is 0.354 e. The number of hydrogen-bond donors (Lipinski definition) is 2. The van der Waals surface area contributed by atoms with E-state index in [-0.39, 0.29) is 5.28 Å². The first-order chi connectivity index (χ1) is 9.28. The van der Waals surface area contributed by atoms with Gasteiger partial charge in [0, 0.05) is 12.7 Å². The van der Waals surface area contributed by atoms with Gasteiger partial charge in [-0.1, -0.05) is 13.0 Å². The second-order valence-electron chi connectivity index (χ2n) is 3.85. The Morgan fingerprint density at radius 1 is 1.11 bits per heavy atom. The monoisotopic (exact) mass is 278 g/mol. The number of nitrogens with zero attached hydrogens (tertiary/aromatic N) is 4. The van der Waals surface area contributed by atoms with Crippen LogP contribution in [0.3, 0.4) is 0 Å². The molecule has 2 aromatic rings. The van der Waals surface area contributed by atoms with Crippen LogP contribution in [-0.4, -0.2) is 26.5 Å². The molecule has 0 aromatic carbocycles. The predicted octanol–water partition coefficient (Wildman–Crippen LogP) is 2.35. The van der Waals surface area contributed by atoms with Crippen molar-refractivity contribution >= 4 is 23.5 Å². The molecule has 7 heteroatoms. The van der Waals surface area contributed by atoms with Crippen LogP contribution in [0.2, 0.25) is 5.28 Å². The molecule has 0 saturated carbocycles. The number of pyridine rings is 1. The van der Waals surface area contributed by atoms with Gasteiger partial charge in [-0.2, -0.15) is 15.0 Å². The van der Waals surface area contributed by atoms with E-state index in [4.69, 9.17) is 11.6 Å². The Kier molecular flexibility index (Phi) is 4.85. The topological polar surface area (TPSA) is 75.6 Å². The van der Waals surface area contributed by atoms with Crippen molar-refractivity contribution < 1.29 is 0 Å². The Balaban J connectivity index is 2.01. The molecular formula is C12H15ClN6. The lowest BCUT2D eigenvalue weighted by Crippen LogP contribution is -2.10. The van der Waals surface area contributed by atoms with Crippen molar-refractivity contribution in [3.8, 4) is 0 Å². The first-order valence-electron chi connectivity index (χ1n) is 6.07. The molecule has 2 rings (SSSR count). The standard InChI is InChI=1S/C12H15ClN6/c1-2-6-15-11-17-10(13)18-12(19-11)16-8-9-5-3-4-7-14-9/h3-5,7H,2,6,8H2,1H3,(H2,15,16,17,18,19). The minimum absolute atomic E-state index is 0.164. The third-order valence-corrected chi connectivity index (χ3v) is 2.46. The van der Waals surface area contributed by atoms with E-state index < -0.39 is 0 Å². The highest BCUT2D eigenvalue weighted by atomic mass is 35.5. The van der Waals surface area contributed by atoms with E-state index in [2.05, 4.69) is 37.5 Å². The average Bonchev–Trinajstić information content (AvgIpc) is 2.43. The van der Waals surface area contributed by atoms with Gasteiger partial charge >= 0.3 is 0 Å². The third-order valence-electron chi connectivity index (χ3n) is 2.30. The summed E-state index contributed by atoms with van der Waals surface area (Å²) in [6, 6.07) is 5.72. The summed E-state index contributed by atoms with van der Waals surface area (Å²) in [5.41, 5.74) is 0.905. The highest BCUT2D eigenvalue weighted by Crippen LogP contribution is 2.10. The molecule has 0 amide bonds. The Labute approximate surface area is 116 Å². The van der Waals surface area contributed by atoms with E-state index in [1.54, 1.807) is 6.20 Å². The lowest BCUT2D eigenvalue weighted by atomic mass is 10.3. The fraction of sp³-hybridized carbons (Fsp3) is 0.333. The van der Waals surface area contributed by atoms with Gasteiger partial charge < -0.3 is 10.6 Å². The van der Waals surface area contributed by atoms with Crippen molar-refractivity contribution in [3.63, 3.8) is 0 Å². The van der Waals surface area contributed by atoms with Gasteiger partial charge in [0.25, 0.3) is 0 Å². The van der Waals surface area contributed by atoms with E-state index in [1.165, 1.54) is 0 Å². The summed E-state index contributed by atoms with van der Waals surface area (Å²) in [7, 11) is 0. The number of nitrogens with one attached hydrogen (secondary N) is 2. The van der Waals surface area contributed by atoms with Crippen LogP contribution < -0.4 is 10.6 Å². The molecule has 6 nitrogen and oxygen atoms in total. The fourth-order valence-corrected chi connectivity index (χ4v) is 1.58. The Morgan fingerprint density at radius 2 is 1.89 bits per heavy atom. The molecule has 0 aliphatic carbocycles. The maximum atomic E-state index is 5.85. The van der Waals surface area contributed by atoms with Crippen LogP contribution in [0.15, 0.2) is 24.4 Å². The maximum absolute atomic E-state index is 5.85. The third kappa shape index (κ3) is 4.33. The van der Waals surface area contributed by atoms with Crippen LogP contribution in [-0.2, 0) is 6.54 Å². The van der Waals surface area contributed by atoms with Crippen LogP contribution in [0.25, 0.3) is 0 Å². The van der Waals surface area contributed by atoms with Gasteiger partial charge in [0.15, 0.2) is 0 Å². The van der Waals surface area contributed by atoms with Gasteiger partial charge in [-0.05, 0) is 30.2 Å². The summed E-state index contributed by atoms with van der Waals surface area (Å²) >= 11 is 5.85. The lowest BCUT2D eigenvalue weighted by molar-refractivity contribution is 0.928. The van der Waals surface area contributed by atoms with Crippen molar-refractivity contribution in [3.05, 3.63) is 35.4 Å². The number of aromatic nitrogens is 4. The second-order valence-corrected chi connectivity index (χ2v) is 4.19. The van der Waals surface area contributed by atoms with E-state index in [0.29, 0.717) is 18.4 Å². The van der Waals surface area contributed by atoms with Crippen molar-refractivity contribution in [2.45, 2.75) is 19.9 Å². The van der Waals surface area contributed by atoms with Crippen LogP contribution >= 0.6 is 11.6 Å². The zero-order valence-electron chi connectivity index (χ0n) is 10.6. The molecule has 0 aliphatic rings. The average molecular weight is 279 g/mol. The second kappa shape index (κ2) is 6.84. The lowest BCUT2D eigenvalue weighted by Gasteiger charge is -2.07. The zero-order chi connectivity index (χ0) is 13.5. The molecule has 0 saturated heterocycles. The van der Waals surface area contributed by atoms with Crippen LogP contribution in [0.5, 0.6) is 0 Å². The van der Waals surface area contributed by atoms with Gasteiger partial charge in [0.2, 0.25) is 17.2 Å². The molecule has 19 heavy (non-hydrogen) atoms. The van der Waals surface area contributed by atoms with E-state index >= 15 is 0 Å². The van der Waals surface area contributed by atoms with Crippen molar-refractivity contribution in [2.24, 2.45) is 0 Å². The molecule has 0 radical (unpaired) electrons. The quantitative estimate of drug-likeness (QED) is 0.845. The smallest absolute Gasteiger partial charge is 0.229 e. The Hall–Kier alpha value is -1.95. The summed E-state index contributed by atoms with van der Waals surface area (Å²) in [5, 5.41) is 6.30. The van der Waals surface area contributed by atoms with Crippen molar-refractivity contribution in [2.75, 3.05) is 17.2 Å². The fourth-order valence-electron chi connectivity index (χ4n) is 1.42. The summed E-state index contributed by atoms with van der Waals surface area (Å²) in [6.45, 7) is 3.39. The maximum Gasteiger partial charge on any atom is 0.229 e. The van der Waals surface area contributed by atoms with Gasteiger partial charge in [0.1, 0.15) is 0 Å². The molecule has 0 aliphatic heterocycles. The zero-order valence-corrected chi connectivity index (χ0v) is 11.4. The molecule has 0 spiro atoms. The number of hydrogen-bond acceptors (Lipinski definition) is 6. The number of rotatable bonds is 6. The highest BCUT2D eigenvalue weighted by molar-refractivity contribution is 6.28. The highest BCUT2D eigenvalue weighted by Gasteiger charge is 2.04. The van der Waals surface area contributed by atoms with Crippen LogP contribution in [0, 0.1) is 0 Å². The molecule has 0 unspecified atom stereocenters. The molecule has 100 valence electrons. The van der Waals surface area contributed by atoms with Crippen LogP contribution in [0.4, 0.5) is 11.9 Å². The van der Waals surface area contributed by atoms with Crippen molar-refractivity contribution in [1.82, 2.24) is 19.9 Å². The predicted molar refractivity (Wildman–Crippen MR) is 75.2 cm³/mol.